The lowest BCUT2D eigenvalue weighted by Gasteiger charge is -1.97. The molecule has 0 aromatic heterocycles. The zero-order valence-corrected chi connectivity index (χ0v) is 8.27. The monoisotopic (exact) mass is 213 g/mol. The van der Waals surface area contributed by atoms with E-state index >= 15 is 0 Å². The van der Waals surface area contributed by atoms with Crippen LogP contribution in [0.2, 0.25) is 10.0 Å². The van der Waals surface area contributed by atoms with E-state index in [1.807, 2.05) is 0 Å². The minimum atomic E-state index is 0.267. The Kier molecular flexibility index (Phi) is 4.00. The SMILES string of the molecule is O=[C]C/C=C/c1cc(Cl)ccc1Cl. The van der Waals surface area contributed by atoms with Crippen molar-refractivity contribution >= 4 is 35.6 Å². The van der Waals surface area contributed by atoms with Crippen LogP contribution in [0.5, 0.6) is 0 Å². The zero-order chi connectivity index (χ0) is 9.68. The third-order valence-corrected chi connectivity index (χ3v) is 2.04. The zero-order valence-electron chi connectivity index (χ0n) is 6.76. The van der Waals surface area contributed by atoms with Gasteiger partial charge in [0.2, 0.25) is 6.29 Å². The highest BCUT2D eigenvalue weighted by atomic mass is 35.5. The van der Waals surface area contributed by atoms with Crippen molar-refractivity contribution in [3.63, 3.8) is 0 Å². The van der Waals surface area contributed by atoms with Crippen LogP contribution in [-0.4, -0.2) is 6.29 Å². The molecule has 3 heteroatoms. The van der Waals surface area contributed by atoms with Crippen LogP contribution in [0.15, 0.2) is 24.3 Å². The van der Waals surface area contributed by atoms with Gasteiger partial charge in [-0.3, -0.25) is 4.79 Å². The topological polar surface area (TPSA) is 17.1 Å². The summed E-state index contributed by atoms with van der Waals surface area (Å²) in [5, 5.41) is 1.24. The summed E-state index contributed by atoms with van der Waals surface area (Å²) in [4.78, 5) is 9.91. The van der Waals surface area contributed by atoms with E-state index in [2.05, 4.69) is 0 Å². The van der Waals surface area contributed by atoms with Gasteiger partial charge in [0.15, 0.2) is 0 Å². The fraction of sp³-hybridized carbons (Fsp3) is 0.100. The molecule has 0 amide bonds. The summed E-state index contributed by atoms with van der Waals surface area (Å²) in [6.45, 7) is 0. The lowest BCUT2D eigenvalue weighted by molar-refractivity contribution is 0.556. The van der Waals surface area contributed by atoms with E-state index in [-0.39, 0.29) is 6.42 Å². The fourth-order valence-electron chi connectivity index (χ4n) is 0.876. The van der Waals surface area contributed by atoms with Crippen LogP contribution in [0.3, 0.4) is 0 Å². The quantitative estimate of drug-likeness (QED) is 0.752. The third kappa shape index (κ3) is 3.21. The first kappa shape index (κ1) is 10.3. The standard InChI is InChI=1S/C10H7Cl2O/c11-9-4-5-10(12)8(7-9)3-1-2-6-13/h1,3-5,7H,2H2/b3-1+. The van der Waals surface area contributed by atoms with Crippen LogP contribution >= 0.6 is 23.2 Å². The molecule has 0 bridgehead atoms. The van der Waals surface area contributed by atoms with Gasteiger partial charge in [-0.15, -0.1) is 0 Å². The molecule has 13 heavy (non-hydrogen) atoms. The summed E-state index contributed by atoms with van der Waals surface area (Å²) in [5.74, 6) is 0. The molecule has 0 saturated carbocycles. The average molecular weight is 214 g/mol. The van der Waals surface area contributed by atoms with Gasteiger partial charge in [0.25, 0.3) is 0 Å². The molecule has 0 saturated heterocycles. The van der Waals surface area contributed by atoms with Crippen molar-refractivity contribution in [1.82, 2.24) is 0 Å². The molecule has 0 fully saturated rings. The molecule has 67 valence electrons. The largest absolute Gasteiger partial charge is 0.291 e. The number of hydrogen-bond donors (Lipinski definition) is 0. The van der Waals surface area contributed by atoms with Crippen molar-refractivity contribution in [2.75, 3.05) is 0 Å². The first-order chi connectivity index (χ1) is 6.24. The Bertz CT molecular complexity index is 332. The van der Waals surface area contributed by atoms with Crippen LogP contribution in [0.1, 0.15) is 12.0 Å². The lowest BCUT2D eigenvalue weighted by atomic mass is 10.2. The predicted molar refractivity (Wildman–Crippen MR) is 55.8 cm³/mol. The van der Waals surface area contributed by atoms with Crippen molar-refractivity contribution < 1.29 is 4.79 Å². The number of carbonyl (C=O) groups excluding carboxylic acids is 1. The number of rotatable bonds is 3. The molecule has 0 aliphatic rings. The Morgan fingerprint density at radius 3 is 2.85 bits per heavy atom. The molecular weight excluding hydrogens is 207 g/mol. The van der Waals surface area contributed by atoms with E-state index in [9.17, 15) is 4.79 Å². The molecule has 0 aliphatic heterocycles. The van der Waals surface area contributed by atoms with E-state index in [0.29, 0.717) is 10.0 Å². The number of benzene rings is 1. The van der Waals surface area contributed by atoms with Crippen molar-refractivity contribution in [2.24, 2.45) is 0 Å². The van der Waals surface area contributed by atoms with Crippen LogP contribution < -0.4 is 0 Å². The highest BCUT2D eigenvalue weighted by Crippen LogP contribution is 2.21. The highest BCUT2D eigenvalue weighted by Gasteiger charge is 1.96. The van der Waals surface area contributed by atoms with Gasteiger partial charge in [0.1, 0.15) is 0 Å². The summed E-state index contributed by atoms with van der Waals surface area (Å²) < 4.78 is 0. The summed E-state index contributed by atoms with van der Waals surface area (Å²) in [5.41, 5.74) is 0.810. The van der Waals surface area contributed by atoms with E-state index in [0.717, 1.165) is 5.56 Å². The van der Waals surface area contributed by atoms with Gasteiger partial charge in [0, 0.05) is 16.5 Å². The minimum Gasteiger partial charge on any atom is -0.291 e. The lowest BCUT2D eigenvalue weighted by Crippen LogP contribution is -1.75. The van der Waals surface area contributed by atoms with E-state index in [1.54, 1.807) is 36.6 Å². The van der Waals surface area contributed by atoms with Crippen LogP contribution in [0.4, 0.5) is 0 Å². The summed E-state index contributed by atoms with van der Waals surface area (Å²) >= 11 is 11.6. The van der Waals surface area contributed by atoms with Gasteiger partial charge in [0.05, 0.1) is 0 Å². The minimum absolute atomic E-state index is 0.267. The highest BCUT2D eigenvalue weighted by molar-refractivity contribution is 6.34. The van der Waals surface area contributed by atoms with Gasteiger partial charge < -0.3 is 0 Å². The maximum atomic E-state index is 9.91. The van der Waals surface area contributed by atoms with Gasteiger partial charge in [-0.05, 0) is 23.8 Å². The second-order valence-corrected chi connectivity index (χ2v) is 3.26. The number of halogens is 2. The number of hydrogen-bond acceptors (Lipinski definition) is 1. The molecule has 0 heterocycles. The first-order valence-electron chi connectivity index (χ1n) is 3.70. The van der Waals surface area contributed by atoms with Crippen molar-refractivity contribution in [1.29, 1.82) is 0 Å². The summed E-state index contributed by atoms with van der Waals surface area (Å²) in [6.07, 6.45) is 5.46. The summed E-state index contributed by atoms with van der Waals surface area (Å²) in [7, 11) is 0. The normalized spacial score (nSPS) is 10.6. The Labute approximate surface area is 87.0 Å². The van der Waals surface area contributed by atoms with Gasteiger partial charge >= 0.3 is 0 Å². The molecule has 1 aromatic carbocycles. The Balaban J connectivity index is 2.86. The molecule has 0 atom stereocenters. The van der Waals surface area contributed by atoms with E-state index in [4.69, 9.17) is 23.2 Å². The smallest absolute Gasteiger partial charge is 0.202 e. The molecule has 1 rings (SSSR count). The van der Waals surface area contributed by atoms with Gasteiger partial charge in [-0.1, -0.05) is 35.4 Å². The van der Waals surface area contributed by atoms with E-state index in [1.165, 1.54) is 0 Å². The molecule has 1 aromatic rings. The fourth-order valence-corrected chi connectivity index (χ4v) is 1.24. The molecule has 1 radical (unpaired) electrons. The van der Waals surface area contributed by atoms with Crippen LogP contribution in [-0.2, 0) is 4.79 Å². The van der Waals surface area contributed by atoms with E-state index < -0.39 is 0 Å². The maximum Gasteiger partial charge on any atom is 0.202 e. The predicted octanol–water partition coefficient (Wildman–Crippen LogP) is 3.51. The second kappa shape index (κ2) is 5.05. The van der Waals surface area contributed by atoms with Crippen LogP contribution in [0.25, 0.3) is 6.08 Å². The average Bonchev–Trinajstić information content (AvgIpc) is 2.11. The molecule has 0 unspecified atom stereocenters. The molecule has 1 nitrogen and oxygen atoms in total. The van der Waals surface area contributed by atoms with Crippen molar-refractivity contribution in [3.05, 3.63) is 39.9 Å². The molecule has 0 N–H and O–H groups in total. The van der Waals surface area contributed by atoms with Crippen molar-refractivity contribution in [2.45, 2.75) is 6.42 Å². The second-order valence-electron chi connectivity index (χ2n) is 2.42. The van der Waals surface area contributed by atoms with Crippen LogP contribution in [0, 0.1) is 0 Å². The first-order valence-corrected chi connectivity index (χ1v) is 4.46. The number of allylic oxidation sites excluding steroid dienone is 1. The van der Waals surface area contributed by atoms with Gasteiger partial charge in [-0.25, -0.2) is 0 Å². The Hall–Kier alpha value is -0.790. The van der Waals surface area contributed by atoms with Crippen molar-refractivity contribution in [3.8, 4) is 0 Å². The molecule has 0 spiro atoms. The summed E-state index contributed by atoms with van der Waals surface area (Å²) in [6, 6.07) is 5.17. The molecule has 0 aliphatic carbocycles. The Morgan fingerprint density at radius 2 is 2.15 bits per heavy atom. The molecular formula is C10H7Cl2O. The maximum absolute atomic E-state index is 9.91. The van der Waals surface area contributed by atoms with Gasteiger partial charge in [-0.2, -0.15) is 0 Å². The third-order valence-electron chi connectivity index (χ3n) is 1.46. The Morgan fingerprint density at radius 1 is 1.38 bits per heavy atom.